The van der Waals surface area contributed by atoms with Gasteiger partial charge in [0.15, 0.2) is 5.82 Å². The van der Waals surface area contributed by atoms with Crippen LogP contribution in [0.4, 0.5) is 4.39 Å². The SMILES string of the molecule is CC(CC1CC1)NC(=O)c1cc(Cl)cc(S(N)(=O)=O)c1F. The van der Waals surface area contributed by atoms with Gasteiger partial charge in [0.25, 0.3) is 5.91 Å². The molecule has 1 unspecified atom stereocenters. The summed E-state index contributed by atoms with van der Waals surface area (Å²) in [7, 11) is -4.29. The van der Waals surface area contributed by atoms with E-state index in [1.807, 2.05) is 6.92 Å². The first-order chi connectivity index (χ1) is 9.68. The molecule has 1 aromatic rings. The molecule has 1 aliphatic carbocycles. The molecule has 0 heterocycles. The molecular weight excluding hydrogens is 319 g/mol. The third-order valence-electron chi connectivity index (χ3n) is 3.32. The molecular formula is C13H16ClFN2O3S. The topological polar surface area (TPSA) is 89.3 Å². The molecule has 1 atom stereocenters. The Morgan fingerprint density at radius 3 is 2.67 bits per heavy atom. The van der Waals surface area contributed by atoms with Gasteiger partial charge in [-0.2, -0.15) is 0 Å². The lowest BCUT2D eigenvalue weighted by atomic mass is 10.1. The molecule has 116 valence electrons. The summed E-state index contributed by atoms with van der Waals surface area (Å²) in [6.07, 6.45) is 3.10. The van der Waals surface area contributed by atoms with Crippen molar-refractivity contribution in [3.63, 3.8) is 0 Å². The van der Waals surface area contributed by atoms with E-state index in [0.717, 1.165) is 31.4 Å². The molecule has 0 radical (unpaired) electrons. The maximum Gasteiger partial charge on any atom is 0.254 e. The number of halogens is 2. The minimum Gasteiger partial charge on any atom is -0.349 e. The van der Waals surface area contributed by atoms with Gasteiger partial charge in [0, 0.05) is 11.1 Å². The Kier molecular flexibility index (Phi) is 4.55. The van der Waals surface area contributed by atoms with Gasteiger partial charge in [-0.1, -0.05) is 24.4 Å². The van der Waals surface area contributed by atoms with Crippen LogP contribution in [0.25, 0.3) is 0 Å². The maximum atomic E-state index is 14.1. The van der Waals surface area contributed by atoms with Crippen molar-refractivity contribution < 1.29 is 17.6 Å². The molecule has 1 amide bonds. The normalized spacial score (nSPS) is 16.6. The van der Waals surface area contributed by atoms with Crippen LogP contribution in [-0.2, 0) is 10.0 Å². The van der Waals surface area contributed by atoms with Crippen molar-refractivity contribution in [1.82, 2.24) is 5.32 Å². The highest BCUT2D eigenvalue weighted by atomic mass is 35.5. The minimum absolute atomic E-state index is 0.0691. The first kappa shape index (κ1) is 16.2. The number of benzene rings is 1. The third kappa shape index (κ3) is 4.15. The molecule has 1 aliphatic rings. The highest BCUT2D eigenvalue weighted by Crippen LogP contribution is 2.33. The van der Waals surface area contributed by atoms with Gasteiger partial charge in [-0.05, 0) is 31.4 Å². The number of hydrogen-bond acceptors (Lipinski definition) is 3. The molecule has 2 rings (SSSR count). The second-order valence-electron chi connectivity index (χ2n) is 5.36. The van der Waals surface area contributed by atoms with Crippen molar-refractivity contribution in [1.29, 1.82) is 0 Å². The van der Waals surface area contributed by atoms with Crippen molar-refractivity contribution in [3.05, 3.63) is 28.5 Å². The van der Waals surface area contributed by atoms with E-state index in [1.54, 1.807) is 0 Å². The van der Waals surface area contributed by atoms with Crippen molar-refractivity contribution in [3.8, 4) is 0 Å². The minimum atomic E-state index is -4.29. The van der Waals surface area contributed by atoms with Crippen LogP contribution in [0.3, 0.4) is 0 Å². The van der Waals surface area contributed by atoms with Gasteiger partial charge in [-0.3, -0.25) is 4.79 Å². The smallest absolute Gasteiger partial charge is 0.254 e. The van der Waals surface area contributed by atoms with Crippen LogP contribution in [0.15, 0.2) is 17.0 Å². The Labute approximate surface area is 127 Å². The molecule has 0 aliphatic heterocycles. The second-order valence-corrected chi connectivity index (χ2v) is 7.33. The molecule has 0 spiro atoms. The van der Waals surface area contributed by atoms with E-state index in [0.29, 0.717) is 5.92 Å². The molecule has 5 nitrogen and oxygen atoms in total. The standard InChI is InChI=1S/C13H16ClFN2O3S/c1-7(4-8-2-3-8)17-13(18)10-5-9(14)6-11(12(10)15)21(16,19)20/h5-8H,2-4H2,1H3,(H,17,18)(H2,16,19,20). The molecule has 0 aromatic heterocycles. The number of carbonyl (C=O) groups is 1. The molecule has 0 bridgehead atoms. The summed E-state index contributed by atoms with van der Waals surface area (Å²) in [6, 6.07) is 1.85. The maximum absolute atomic E-state index is 14.1. The number of rotatable bonds is 5. The Morgan fingerprint density at radius 1 is 1.52 bits per heavy atom. The zero-order valence-corrected chi connectivity index (χ0v) is 13.0. The van der Waals surface area contributed by atoms with E-state index in [4.69, 9.17) is 16.7 Å². The van der Waals surface area contributed by atoms with Crippen molar-refractivity contribution in [2.75, 3.05) is 0 Å². The molecule has 1 fully saturated rings. The van der Waals surface area contributed by atoms with Crippen LogP contribution in [0.1, 0.15) is 36.5 Å². The monoisotopic (exact) mass is 334 g/mol. The summed E-state index contributed by atoms with van der Waals surface area (Å²) in [5.74, 6) is -1.28. The lowest BCUT2D eigenvalue weighted by Crippen LogP contribution is -2.33. The lowest BCUT2D eigenvalue weighted by Gasteiger charge is -2.14. The van der Waals surface area contributed by atoms with Crippen LogP contribution in [0.2, 0.25) is 5.02 Å². The number of primary sulfonamides is 1. The van der Waals surface area contributed by atoms with Gasteiger partial charge in [-0.15, -0.1) is 0 Å². The number of carbonyl (C=O) groups excluding carboxylic acids is 1. The Balaban J connectivity index is 2.25. The summed E-state index contributed by atoms with van der Waals surface area (Å²) >= 11 is 5.74. The highest BCUT2D eigenvalue weighted by Gasteiger charge is 2.26. The van der Waals surface area contributed by atoms with Crippen LogP contribution in [0.5, 0.6) is 0 Å². The second kappa shape index (κ2) is 5.90. The zero-order valence-electron chi connectivity index (χ0n) is 11.4. The average molecular weight is 335 g/mol. The van der Waals surface area contributed by atoms with Gasteiger partial charge in [-0.25, -0.2) is 17.9 Å². The Morgan fingerprint density at radius 2 is 2.14 bits per heavy atom. The van der Waals surface area contributed by atoms with Gasteiger partial charge in [0.2, 0.25) is 10.0 Å². The molecule has 3 N–H and O–H groups in total. The largest absolute Gasteiger partial charge is 0.349 e. The third-order valence-corrected chi connectivity index (χ3v) is 4.44. The van der Waals surface area contributed by atoms with Gasteiger partial charge in [0.05, 0.1) is 5.56 Å². The van der Waals surface area contributed by atoms with E-state index >= 15 is 0 Å². The molecule has 8 heteroatoms. The fourth-order valence-electron chi connectivity index (χ4n) is 2.15. The summed E-state index contributed by atoms with van der Waals surface area (Å²) in [5, 5.41) is 7.48. The summed E-state index contributed by atoms with van der Waals surface area (Å²) in [6.45, 7) is 1.82. The van der Waals surface area contributed by atoms with E-state index in [1.165, 1.54) is 0 Å². The summed E-state index contributed by atoms with van der Waals surface area (Å²) < 4.78 is 36.8. The van der Waals surface area contributed by atoms with Crippen molar-refractivity contribution in [2.24, 2.45) is 11.1 Å². The fraction of sp³-hybridized carbons (Fsp3) is 0.462. The average Bonchev–Trinajstić information content (AvgIpc) is 3.13. The predicted octanol–water partition coefficient (Wildman–Crippen LogP) is 2.04. The zero-order chi connectivity index (χ0) is 15.8. The molecule has 0 saturated heterocycles. The van der Waals surface area contributed by atoms with E-state index in [2.05, 4.69) is 5.32 Å². The first-order valence-corrected chi connectivity index (χ1v) is 8.43. The van der Waals surface area contributed by atoms with Gasteiger partial charge >= 0.3 is 0 Å². The van der Waals surface area contributed by atoms with Crippen LogP contribution in [0, 0.1) is 11.7 Å². The lowest BCUT2D eigenvalue weighted by molar-refractivity contribution is 0.0933. The molecule has 1 saturated carbocycles. The predicted molar refractivity (Wildman–Crippen MR) is 77.1 cm³/mol. The number of nitrogens with two attached hydrogens (primary N) is 1. The Hall–Kier alpha value is -1.18. The van der Waals surface area contributed by atoms with Crippen LogP contribution >= 0.6 is 11.6 Å². The quantitative estimate of drug-likeness (QED) is 0.863. The van der Waals surface area contributed by atoms with E-state index in [9.17, 15) is 17.6 Å². The van der Waals surface area contributed by atoms with Gasteiger partial charge in [0.1, 0.15) is 4.90 Å². The van der Waals surface area contributed by atoms with E-state index < -0.39 is 32.2 Å². The number of nitrogens with one attached hydrogen (secondary N) is 1. The number of sulfonamides is 1. The molecule has 21 heavy (non-hydrogen) atoms. The fourth-order valence-corrected chi connectivity index (χ4v) is 3.08. The summed E-state index contributed by atoms with van der Waals surface area (Å²) in [5.41, 5.74) is -0.422. The van der Waals surface area contributed by atoms with Crippen LogP contribution < -0.4 is 10.5 Å². The van der Waals surface area contributed by atoms with Gasteiger partial charge < -0.3 is 5.32 Å². The van der Waals surface area contributed by atoms with Crippen LogP contribution in [-0.4, -0.2) is 20.4 Å². The highest BCUT2D eigenvalue weighted by molar-refractivity contribution is 7.89. The number of hydrogen-bond donors (Lipinski definition) is 2. The van der Waals surface area contributed by atoms with Crippen molar-refractivity contribution in [2.45, 2.75) is 37.1 Å². The number of amides is 1. The summed E-state index contributed by atoms with van der Waals surface area (Å²) in [4.78, 5) is 11.3. The Bertz CT molecular complexity index is 674. The molecule has 1 aromatic carbocycles. The van der Waals surface area contributed by atoms with Crippen molar-refractivity contribution >= 4 is 27.5 Å². The first-order valence-electron chi connectivity index (χ1n) is 6.51. The van der Waals surface area contributed by atoms with E-state index in [-0.39, 0.29) is 11.1 Å².